The van der Waals surface area contributed by atoms with E-state index in [9.17, 15) is 0 Å². The molecule has 0 bridgehead atoms. The van der Waals surface area contributed by atoms with Gasteiger partial charge in [-0.15, -0.1) is 0 Å². The van der Waals surface area contributed by atoms with E-state index in [1.807, 2.05) is 31.2 Å². The lowest BCUT2D eigenvalue weighted by Gasteiger charge is -2.20. The van der Waals surface area contributed by atoms with Crippen LogP contribution < -0.4 is 10.5 Å². The first kappa shape index (κ1) is 14.5. The predicted molar refractivity (Wildman–Crippen MR) is 82.1 cm³/mol. The van der Waals surface area contributed by atoms with Gasteiger partial charge in [-0.2, -0.15) is 0 Å². The highest BCUT2D eigenvalue weighted by molar-refractivity contribution is 5.37. The lowest BCUT2D eigenvalue weighted by Crippen LogP contribution is -2.11. The molecule has 2 aromatic rings. The third-order valence-corrected chi connectivity index (χ3v) is 3.21. The fourth-order valence-electron chi connectivity index (χ4n) is 1.97. The molecule has 2 rings (SSSR count). The van der Waals surface area contributed by atoms with Crippen LogP contribution in [0.2, 0.25) is 0 Å². The number of benzene rings is 1. The Morgan fingerprint density at radius 3 is 2.55 bits per heavy atom. The van der Waals surface area contributed by atoms with Crippen LogP contribution in [0.15, 0.2) is 42.6 Å². The van der Waals surface area contributed by atoms with Crippen LogP contribution in [0.1, 0.15) is 44.9 Å². The Kier molecular flexibility index (Phi) is 4.09. The summed E-state index contributed by atoms with van der Waals surface area (Å²) in [6.45, 7) is 8.47. The predicted octanol–water partition coefficient (Wildman–Crippen LogP) is 4.19. The summed E-state index contributed by atoms with van der Waals surface area (Å²) in [5.41, 5.74) is 8.18. The zero-order valence-electron chi connectivity index (χ0n) is 12.6. The quantitative estimate of drug-likeness (QED) is 0.909. The van der Waals surface area contributed by atoms with Crippen LogP contribution in [0.3, 0.4) is 0 Å². The minimum atomic E-state index is -0.107. The van der Waals surface area contributed by atoms with Crippen LogP contribution in [-0.2, 0) is 5.41 Å². The SMILES string of the molecule is C[C@H](N)c1cccnc1Oc1cccc(C(C)(C)C)c1. The van der Waals surface area contributed by atoms with Crippen molar-refractivity contribution >= 4 is 0 Å². The molecule has 0 unspecified atom stereocenters. The average Bonchev–Trinajstić information content (AvgIpc) is 2.38. The molecule has 1 atom stereocenters. The largest absolute Gasteiger partial charge is 0.439 e. The number of aromatic nitrogens is 1. The average molecular weight is 270 g/mol. The fraction of sp³-hybridized carbons (Fsp3) is 0.353. The van der Waals surface area contributed by atoms with E-state index in [1.165, 1.54) is 5.56 Å². The van der Waals surface area contributed by atoms with E-state index in [4.69, 9.17) is 10.5 Å². The maximum Gasteiger partial charge on any atom is 0.223 e. The second-order valence-electron chi connectivity index (χ2n) is 6.07. The molecule has 1 aromatic carbocycles. The van der Waals surface area contributed by atoms with Gasteiger partial charge < -0.3 is 10.5 Å². The number of rotatable bonds is 3. The summed E-state index contributed by atoms with van der Waals surface area (Å²) in [6, 6.07) is 11.8. The Morgan fingerprint density at radius 1 is 1.15 bits per heavy atom. The zero-order chi connectivity index (χ0) is 14.8. The van der Waals surface area contributed by atoms with Gasteiger partial charge in [-0.3, -0.25) is 0 Å². The topological polar surface area (TPSA) is 48.1 Å². The van der Waals surface area contributed by atoms with Gasteiger partial charge in [0.25, 0.3) is 0 Å². The van der Waals surface area contributed by atoms with Gasteiger partial charge in [-0.05, 0) is 36.1 Å². The normalized spacial score (nSPS) is 13.1. The van der Waals surface area contributed by atoms with Crippen molar-refractivity contribution in [1.82, 2.24) is 4.98 Å². The molecule has 0 fully saturated rings. The van der Waals surface area contributed by atoms with Crippen molar-refractivity contribution in [2.24, 2.45) is 5.73 Å². The summed E-state index contributed by atoms with van der Waals surface area (Å²) in [6.07, 6.45) is 1.72. The van der Waals surface area contributed by atoms with Crippen LogP contribution in [0.4, 0.5) is 0 Å². The highest BCUT2D eigenvalue weighted by Crippen LogP contribution is 2.30. The smallest absolute Gasteiger partial charge is 0.223 e. The number of hydrogen-bond donors (Lipinski definition) is 1. The molecule has 20 heavy (non-hydrogen) atoms. The monoisotopic (exact) mass is 270 g/mol. The number of ether oxygens (including phenoxy) is 1. The molecule has 0 saturated carbocycles. The third kappa shape index (κ3) is 3.36. The molecule has 0 saturated heterocycles. The van der Waals surface area contributed by atoms with Crippen molar-refractivity contribution in [2.75, 3.05) is 0 Å². The van der Waals surface area contributed by atoms with Gasteiger partial charge in [0.1, 0.15) is 5.75 Å². The van der Waals surface area contributed by atoms with Crippen LogP contribution in [0.5, 0.6) is 11.6 Å². The highest BCUT2D eigenvalue weighted by atomic mass is 16.5. The summed E-state index contributed by atoms with van der Waals surface area (Å²) >= 11 is 0. The first-order chi connectivity index (χ1) is 9.38. The summed E-state index contributed by atoms with van der Waals surface area (Å²) in [5, 5.41) is 0. The fourth-order valence-corrected chi connectivity index (χ4v) is 1.97. The van der Waals surface area contributed by atoms with Gasteiger partial charge >= 0.3 is 0 Å². The van der Waals surface area contributed by atoms with E-state index in [0.29, 0.717) is 5.88 Å². The van der Waals surface area contributed by atoms with Gasteiger partial charge in [-0.1, -0.05) is 39.0 Å². The van der Waals surface area contributed by atoms with Crippen molar-refractivity contribution < 1.29 is 4.74 Å². The second-order valence-corrected chi connectivity index (χ2v) is 6.07. The van der Waals surface area contributed by atoms with Gasteiger partial charge in [0.15, 0.2) is 0 Å². The Balaban J connectivity index is 2.31. The van der Waals surface area contributed by atoms with Crippen LogP contribution in [0.25, 0.3) is 0 Å². The maximum atomic E-state index is 5.95. The minimum Gasteiger partial charge on any atom is -0.439 e. The molecule has 3 nitrogen and oxygen atoms in total. The van der Waals surface area contributed by atoms with E-state index in [0.717, 1.165) is 11.3 Å². The van der Waals surface area contributed by atoms with Crippen LogP contribution >= 0.6 is 0 Å². The number of nitrogens with zero attached hydrogens (tertiary/aromatic N) is 1. The summed E-state index contributed by atoms with van der Waals surface area (Å²) < 4.78 is 5.92. The first-order valence-electron chi connectivity index (χ1n) is 6.87. The molecule has 0 aliphatic rings. The van der Waals surface area contributed by atoms with Crippen LogP contribution in [0, 0.1) is 0 Å². The van der Waals surface area contributed by atoms with Crippen molar-refractivity contribution in [1.29, 1.82) is 0 Å². The number of hydrogen-bond acceptors (Lipinski definition) is 3. The Labute approximate surface area is 120 Å². The minimum absolute atomic E-state index is 0.0907. The molecule has 0 aliphatic carbocycles. The highest BCUT2D eigenvalue weighted by Gasteiger charge is 2.15. The number of pyridine rings is 1. The molecule has 106 valence electrons. The van der Waals surface area contributed by atoms with E-state index in [2.05, 4.69) is 37.9 Å². The van der Waals surface area contributed by atoms with Crippen molar-refractivity contribution in [3.8, 4) is 11.6 Å². The van der Waals surface area contributed by atoms with Crippen molar-refractivity contribution in [3.05, 3.63) is 53.7 Å². The summed E-state index contributed by atoms with van der Waals surface area (Å²) in [5.74, 6) is 1.37. The standard InChI is InChI=1S/C17H22N2O/c1-12(18)15-9-6-10-19-16(15)20-14-8-5-7-13(11-14)17(2,3)4/h5-12H,18H2,1-4H3/t12-/m0/s1. The molecule has 0 aliphatic heterocycles. The first-order valence-corrected chi connectivity index (χ1v) is 6.87. The van der Waals surface area contributed by atoms with E-state index in [-0.39, 0.29) is 11.5 Å². The molecule has 0 amide bonds. The van der Waals surface area contributed by atoms with E-state index in [1.54, 1.807) is 6.20 Å². The Hall–Kier alpha value is -1.87. The molecule has 1 heterocycles. The molecule has 0 spiro atoms. The molecular weight excluding hydrogens is 248 g/mol. The van der Waals surface area contributed by atoms with Gasteiger partial charge in [-0.25, -0.2) is 4.98 Å². The Bertz CT molecular complexity index is 586. The molecule has 1 aromatic heterocycles. The molecule has 3 heteroatoms. The van der Waals surface area contributed by atoms with Gasteiger partial charge in [0.05, 0.1) is 0 Å². The van der Waals surface area contributed by atoms with E-state index >= 15 is 0 Å². The Morgan fingerprint density at radius 2 is 1.90 bits per heavy atom. The second kappa shape index (κ2) is 5.63. The molecule has 2 N–H and O–H groups in total. The third-order valence-electron chi connectivity index (χ3n) is 3.21. The van der Waals surface area contributed by atoms with Gasteiger partial charge in [0, 0.05) is 17.8 Å². The van der Waals surface area contributed by atoms with E-state index < -0.39 is 0 Å². The van der Waals surface area contributed by atoms with Gasteiger partial charge in [0.2, 0.25) is 5.88 Å². The van der Waals surface area contributed by atoms with Crippen LogP contribution in [-0.4, -0.2) is 4.98 Å². The lowest BCUT2D eigenvalue weighted by molar-refractivity contribution is 0.449. The summed E-state index contributed by atoms with van der Waals surface area (Å²) in [7, 11) is 0. The maximum absolute atomic E-state index is 5.95. The van der Waals surface area contributed by atoms with Crippen molar-refractivity contribution in [3.63, 3.8) is 0 Å². The molecule has 0 radical (unpaired) electrons. The zero-order valence-corrected chi connectivity index (χ0v) is 12.6. The lowest BCUT2D eigenvalue weighted by atomic mass is 9.87. The van der Waals surface area contributed by atoms with Crippen molar-refractivity contribution in [2.45, 2.75) is 39.2 Å². The summed E-state index contributed by atoms with van der Waals surface area (Å²) in [4.78, 5) is 4.28. The molecular formula is C17H22N2O. The number of nitrogens with two attached hydrogens (primary N) is 1.